The molecule has 1 aromatic heterocycles. The molecule has 0 aliphatic heterocycles. The molecule has 1 aliphatic carbocycles. The molecule has 0 radical (unpaired) electrons. The summed E-state index contributed by atoms with van der Waals surface area (Å²) in [5, 5.41) is 2.04. The molecule has 0 bridgehead atoms. The number of hydrogen-bond acceptors (Lipinski definition) is 1. The van der Waals surface area contributed by atoms with Gasteiger partial charge < -0.3 is 0 Å². The zero-order chi connectivity index (χ0) is 18.4. The molecular weight excluding hydrogens is 368 g/mol. The van der Waals surface area contributed by atoms with Crippen LogP contribution in [0.25, 0.3) is 16.2 Å². The van der Waals surface area contributed by atoms with Crippen LogP contribution in [-0.4, -0.2) is 0 Å². The number of allylic oxidation sites excluding steroid dienone is 1. The van der Waals surface area contributed by atoms with E-state index in [2.05, 4.69) is 91.9 Å². The van der Waals surface area contributed by atoms with Gasteiger partial charge in [0.15, 0.2) is 0 Å². The second kappa shape index (κ2) is 6.37. The smallest absolute Gasteiger partial charge is 0.0636 e. The van der Waals surface area contributed by atoms with Gasteiger partial charge in [-0.2, -0.15) is 0 Å². The molecule has 1 aliphatic rings. The lowest BCUT2D eigenvalue weighted by molar-refractivity contribution is 0.647. The van der Waals surface area contributed by atoms with Crippen LogP contribution in [0.15, 0.2) is 78.9 Å². The van der Waals surface area contributed by atoms with Gasteiger partial charge in [-0.25, -0.2) is 0 Å². The Morgan fingerprint density at radius 2 is 1.63 bits per heavy atom. The highest BCUT2D eigenvalue weighted by Crippen LogP contribution is 2.49. The summed E-state index contributed by atoms with van der Waals surface area (Å²) < 4.78 is 1.25. The van der Waals surface area contributed by atoms with Crippen LogP contribution in [0.3, 0.4) is 0 Å². The maximum Gasteiger partial charge on any atom is 0.0636 e. The van der Waals surface area contributed by atoms with E-state index in [0.29, 0.717) is 0 Å². The lowest BCUT2D eigenvalue weighted by atomic mass is 9.70. The van der Waals surface area contributed by atoms with Crippen molar-refractivity contribution in [3.63, 3.8) is 0 Å². The number of thiophene rings is 1. The van der Waals surface area contributed by atoms with Gasteiger partial charge in [-0.1, -0.05) is 96.0 Å². The predicted octanol–water partition coefficient (Wildman–Crippen LogP) is 7.42. The van der Waals surface area contributed by atoms with Crippen molar-refractivity contribution in [1.82, 2.24) is 0 Å². The maximum atomic E-state index is 6.96. The van der Waals surface area contributed by atoms with E-state index in [1.165, 1.54) is 31.8 Å². The van der Waals surface area contributed by atoms with E-state index < -0.39 is 0 Å². The molecule has 0 saturated carbocycles. The first-order valence-electron chi connectivity index (χ1n) is 9.19. The highest BCUT2D eigenvalue weighted by atomic mass is 35.5. The Morgan fingerprint density at radius 3 is 2.44 bits per heavy atom. The van der Waals surface area contributed by atoms with Crippen LogP contribution in [0, 0.1) is 6.92 Å². The first-order chi connectivity index (χ1) is 13.2. The van der Waals surface area contributed by atoms with Gasteiger partial charge in [0.2, 0.25) is 0 Å². The van der Waals surface area contributed by atoms with Crippen LogP contribution in [0.1, 0.15) is 27.1 Å². The van der Waals surface area contributed by atoms with Gasteiger partial charge >= 0.3 is 0 Å². The minimum Gasteiger partial charge on any atom is -0.137 e. The summed E-state index contributed by atoms with van der Waals surface area (Å²) in [6.45, 7) is 2.13. The molecule has 5 rings (SSSR count). The largest absolute Gasteiger partial charge is 0.137 e. The minimum atomic E-state index is -0.233. The van der Waals surface area contributed by atoms with Gasteiger partial charge in [0, 0.05) is 15.0 Å². The zero-order valence-electron chi connectivity index (χ0n) is 15.1. The first-order valence-corrected chi connectivity index (χ1v) is 10.4. The molecule has 0 saturated heterocycles. The van der Waals surface area contributed by atoms with Crippen molar-refractivity contribution in [1.29, 1.82) is 0 Å². The quantitative estimate of drug-likeness (QED) is 0.336. The molecule has 0 amide bonds. The standard InChI is InChI=1S/C25H19ClS/c1-17-10-12-20(13-11-17)25(15-14-18-6-2-3-7-19(18)16-25)24-23(26)21-8-4-5-9-22(21)27-24/h2-15H,16H2,1H3. The molecule has 2 heteroatoms. The van der Waals surface area contributed by atoms with Crippen molar-refractivity contribution in [2.45, 2.75) is 18.8 Å². The third-order valence-electron chi connectivity index (χ3n) is 5.58. The SMILES string of the molecule is Cc1ccc(C2(c3sc4ccccc4c3Cl)C=Cc3ccccc3C2)cc1. The summed E-state index contributed by atoms with van der Waals surface area (Å²) >= 11 is 8.78. The number of halogens is 1. The lowest BCUT2D eigenvalue weighted by Crippen LogP contribution is -2.29. The van der Waals surface area contributed by atoms with E-state index in [1.54, 1.807) is 0 Å². The summed E-state index contributed by atoms with van der Waals surface area (Å²) in [4.78, 5) is 1.24. The second-order valence-corrected chi connectivity index (χ2v) is 8.72. The van der Waals surface area contributed by atoms with E-state index in [0.717, 1.165) is 16.8 Å². The molecule has 0 fully saturated rings. The van der Waals surface area contributed by atoms with E-state index in [4.69, 9.17) is 11.6 Å². The Bertz CT molecular complexity index is 1170. The summed E-state index contributed by atoms with van der Waals surface area (Å²) in [5.74, 6) is 0. The first kappa shape index (κ1) is 16.8. The van der Waals surface area contributed by atoms with Gasteiger partial charge in [0.1, 0.15) is 0 Å². The molecule has 0 spiro atoms. The summed E-state index contributed by atoms with van der Waals surface area (Å²) in [5.41, 5.74) is 5.01. The van der Waals surface area contributed by atoms with Gasteiger partial charge in [0.05, 0.1) is 10.4 Å². The van der Waals surface area contributed by atoms with Gasteiger partial charge in [-0.15, -0.1) is 11.3 Å². The summed E-state index contributed by atoms with van der Waals surface area (Å²) in [7, 11) is 0. The molecule has 1 heterocycles. The normalized spacial score (nSPS) is 18.6. The lowest BCUT2D eigenvalue weighted by Gasteiger charge is -2.34. The molecule has 27 heavy (non-hydrogen) atoms. The Kier molecular flexibility index (Phi) is 3.96. The number of aryl methyl sites for hydroxylation is 1. The van der Waals surface area contributed by atoms with Crippen molar-refractivity contribution in [3.8, 4) is 0 Å². The fourth-order valence-electron chi connectivity index (χ4n) is 4.09. The predicted molar refractivity (Wildman–Crippen MR) is 118 cm³/mol. The third kappa shape index (κ3) is 2.65. The average Bonchev–Trinajstić information content (AvgIpc) is 3.05. The van der Waals surface area contributed by atoms with E-state index in [9.17, 15) is 0 Å². The fourth-order valence-corrected chi connectivity index (χ4v) is 5.88. The number of rotatable bonds is 2. The van der Waals surface area contributed by atoms with Crippen molar-refractivity contribution >= 4 is 39.1 Å². The van der Waals surface area contributed by atoms with Crippen LogP contribution >= 0.6 is 22.9 Å². The molecule has 4 aromatic rings. The average molecular weight is 387 g/mol. The fraction of sp³-hybridized carbons (Fsp3) is 0.120. The van der Waals surface area contributed by atoms with Gasteiger partial charge in [0.25, 0.3) is 0 Å². The van der Waals surface area contributed by atoms with Crippen LogP contribution < -0.4 is 0 Å². The Labute approximate surface area is 168 Å². The number of hydrogen-bond donors (Lipinski definition) is 0. The van der Waals surface area contributed by atoms with Crippen molar-refractivity contribution in [2.24, 2.45) is 0 Å². The molecule has 3 aromatic carbocycles. The van der Waals surface area contributed by atoms with Gasteiger partial charge in [-0.3, -0.25) is 0 Å². The summed E-state index contributed by atoms with van der Waals surface area (Å²) in [6, 6.07) is 26.0. The third-order valence-corrected chi connectivity index (χ3v) is 7.43. The second-order valence-electron chi connectivity index (χ2n) is 7.29. The van der Waals surface area contributed by atoms with Crippen molar-refractivity contribution in [2.75, 3.05) is 0 Å². The monoisotopic (exact) mass is 386 g/mol. The molecule has 0 N–H and O–H groups in total. The number of benzene rings is 3. The Hall–Kier alpha value is -2.35. The molecule has 1 unspecified atom stereocenters. The van der Waals surface area contributed by atoms with Crippen molar-refractivity contribution in [3.05, 3.63) is 111 Å². The van der Waals surface area contributed by atoms with Crippen LogP contribution in [0.4, 0.5) is 0 Å². The van der Waals surface area contributed by atoms with Crippen LogP contribution in [-0.2, 0) is 11.8 Å². The van der Waals surface area contributed by atoms with E-state index >= 15 is 0 Å². The summed E-state index contributed by atoms with van der Waals surface area (Å²) in [6.07, 6.45) is 5.55. The highest BCUT2D eigenvalue weighted by Gasteiger charge is 2.38. The molecule has 0 nitrogen and oxygen atoms in total. The number of fused-ring (bicyclic) bond motifs is 2. The highest BCUT2D eigenvalue weighted by molar-refractivity contribution is 7.20. The maximum absolute atomic E-state index is 6.96. The molecule has 132 valence electrons. The van der Waals surface area contributed by atoms with Crippen molar-refractivity contribution < 1.29 is 0 Å². The molecule has 1 atom stereocenters. The topological polar surface area (TPSA) is 0 Å². The van der Waals surface area contributed by atoms with E-state index in [-0.39, 0.29) is 5.41 Å². The Morgan fingerprint density at radius 1 is 0.889 bits per heavy atom. The van der Waals surface area contributed by atoms with Crippen LogP contribution in [0.2, 0.25) is 5.02 Å². The Balaban J connectivity index is 1.79. The molecular formula is C25H19ClS. The zero-order valence-corrected chi connectivity index (χ0v) is 16.6. The minimum absolute atomic E-state index is 0.233. The van der Waals surface area contributed by atoms with Gasteiger partial charge in [-0.05, 0) is 36.1 Å². The van der Waals surface area contributed by atoms with Crippen LogP contribution in [0.5, 0.6) is 0 Å². The van der Waals surface area contributed by atoms with E-state index in [1.807, 2.05) is 11.3 Å².